The van der Waals surface area contributed by atoms with E-state index < -0.39 is 4.92 Å². The maximum atomic E-state index is 11.4. The average molecular weight is 366 g/mol. The summed E-state index contributed by atoms with van der Waals surface area (Å²) in [5.41, 5.74) is 1.50. The molecule has 4 rings (SSSR count). The molecule has 8 nitrogen and oxygen atoms in total. The molecule has 1 N–H and O–H groups in total. The maximum Gasteiger partial charge on any atom is 0.372 e. The van der Waals surface area contributed by atoms with Crippen LogP contribution in [0.4, 0.5) is 17.5 Å². The van der Waals surface area contributed by atoms with E-state index in [0.717, 1.165) is 24.5 Å². The monoisotopic (exact) mass is 366 g/mol. The lowest BCUT2D eigenvalue weighted by Gasteiger charge is -2.21. The number of nitro groups is 1. The summed E-state index contributed by atoms with van der Waals surface area (Å²) in [6.45, 7) is 2.54. The molecule has 3 aromatic rings. The number of hydrogen-bond acceptors (Lipinski definition) is 6. The molecule has 0 bridgehead atoms. The molecule has 1 aliphatic rings. The third-order valence-electron chi connectivity index (χ3n) is 4.88. The van der Waals surface area contributed by atoms with E-state index in [1.165, 1.54) is 30.1 Å². The van der Waals surface area contributed by atoms with Gasteiger partial charge in [-0.25, -0.2) is 4.98 Å². The van der Waals surface area contributed by atoms with Crippen LogP contribution in [0, 0.1) is 10.1 Å². The Morgan fingerprint density at radius 3 is 2.63 bits per heavy atom. The minimum absolute atomic E-state index is 0.0558. The number of rotatable bonds is 5. The third-order valence-corrected chi connectivity index (χ3v) is 4.88. The van der Waals surface area contributed by atoms with Gasteiger partial charge in [0, 0.05) is 31.9 Å². The molecule has 0 amide bonds. The van der Waals surface area contributed by atoms with Crippen molar-refractivity contribution < 1.29 is 4.92 Å². The van der Waals surface area contributed by atoms with Crippen LogP contribution in [0.2, 0.25) is 0 Å². The van der Waals surface area contributed by atoms with Crippen molar-refractivity contribution in [1.82, 2.24) is 14.4 Å². The van der Waals surface area contributed by atoms with E-state index in [0.29, 0.717) is 12.2 Å². The Labute approximate surface area is 157 Å². The van der Waals surface area contributed by atoms with Crippen LogP contribution in [0.25, 0.3) is 5.65 Å². The first-order valence-corrected chi connectivity index (χ1v) is 9.27. The Morgan fingerprint density at radius 1 is 1.11 bits per heavy atom. The Bertz CT molecular complexity index is 929. The van der Waals surface area contributed by atoms with Crippen molar-refractivity contribution in [1.29, 1.82) is 0 Å². The predicted molar refractivity (Wildman–Crippen MR) is 104 cm³/mol. The summed E-state index contributed by atoms with van der Waals surface area (Å²) in [5.74, 6) is 1.21. The Hall–Kier alpha value is -3.16. The molecule has 140 valence electrons. The number of imidazole rings is 1. The van der Waals surface area contributed by atoms with Crippen LogP contribution in [-0.4, -0.2) is 32.4 Å². The molecule has 0 unspecified atom stereocenters. The van der Waals surface area contributed by atoms with Gasteiger partial charge in [0.2, 0.25) is 11.5 Å². The van der Waals surface area contributed by atoms with Gasteiger partial charge in [-0.05, 0) is 35.5 Å². The number of nitrogens with one attached hydrogen (secondary N) is 1. The summed E-state index contributed by atoms with van der Waals surface area (Å²) >= 11 is 0. The highest BCUT2D eigenvalue weighted by molar-refractivity contribution is 5.62. The third kappa shape index (κ3) is 3.69. The number of aromatic nitrogens is 3. The van der Waals surface area contributed by atoms with Crippen molar-refractivity contribution in [2.75, 3.05) is 23.3 Å². The molecule has 0 spiro atoms. The molecular weight excluding hydrogens is 344 g/mol. The molecular formula is C19H22N6O2. The molecule has 1 fully saturated rings. The number of hydrogen-bond donors (Lipinski definition) is 1. The van der Waals surface area contributed by atoms with Crippen LogP contribution in [0.15, 0.2) is 42.7 Å². The number of fused-ring (bicyclic) bond motifs is 1. The molecule has 1 aliphatic heterocycles. The van der Waals surface area contributed by atoms with Crippen LogP contribution >= 0.6 is 0 Å². The summed E-state index contributed by atoms with van der Waals surface area (Å²) in [4.78, 5) is 22.3. The molecule has 0 atom stereocenters. The Kier molecular flexibility index (Phi) is 4.86. The summed E-state index contributed by atoms with van der Waals surface area (Å²) in [6, 6.07) is 9.34. The topological polar surface area (TPSA) is 88.6 Å². The molecule has 0 radical (unpaired) electrons. The summed E-state index contributed by atoms with van der Waals surface area (Å²) in [7, 11) is 0. The second-order valence-corrected chi connectivity index (χ2v) is 6.75. The smallest absolute Gasteiger partial charge is 0.359 e. The standard InChI is InChI=1S/C19H22N6O2/c26-25(27)19-18(22-17-7-3-6-12-24(17)19)21-14-15-8-9-16(20-13-15)23-10-4-1-2-5-11-23/h3,6-9,12-13,21H,1-2,4-5,10-11,14H2. The van der Waals surface area contributed by atoms with E-state index in [9.17, 15) is 10.1 Å². The van der Waals surface area contributed by atoms with Gasteiger partial charge in [-0.2, -0.15) is 9.38 Å². The van der Waals surface area contributed by atoms with Gasteiger partial charge in [-0.15, -0.1) is 0 Å². The highest BCUT2D eigenvalue weighted by Crippen LogP contribution is 2.26. The molecule has 0 aromatic carbocycles. The fraction of sp³-hybridized carbons (Fsp3) is 0.368. The molecule has 1 saturated heterocycles. The van der Waals surface area contributed by atoms with Crippen LogP contribution in [-0.2, 0) is 6.54 Å². The Morgan fingerprint density at radius 2 is 1.93 bits per heavy atom. The molecule has 0 aliphatic carbocycles. The minimum atomic E-state index is -0.414. The molecule has 4 heterocycles. The normalized spacial score (nSPS) is 14.9. The molecule has 27 heavy (non-hydrogen) atoms. The molecule has 8 heteroatoms. The van der Waals surface area contributed by atoms with Crippen LogP contribution in [0.5, 0.6) is 0 Å². The second kappa shape index (κ2) is 7.61. The zero-order valence-corrected chi connectivity index (χ0v) is 15.0. The van der Waals surface area contributed by atoms with Gasteiger partial charge in [-0.3, -0.25) is 0 Å². The maximum absolute atomic E-state index is 11.4. The van der Waals surface area contributed by atoms with Crippen LogP contribution in [0.1, 0.15) is 31.2 Å². The van der Waals surface area contributed by atoms with Crippen molar-refractivity contribution in [2.24, 2.45) is 0 Å². The first kappa shape index (κ1) is 17.3. The SMILES string of the molecule is O=[N+]([O-])c1c(NCc2ccc(N3CCCCCC3)nc2)nc2ccccn12. The Balaban J connectivity index is 1.48. The zero-order chi connectivity index (χ0) is 18.6. The summed E-state index contributed by atoms with van der Waals surface area (Å²) in [5, 5.41) is 14.5. The van der Waals surface area contributed by atoms with Gasteiger partial charge in [0.25, 0.3) is 0 Å². The van der Waals surface area contributed by atoms with Crippen molar-refractivity contribution in [3.63, 3.8) is 0 Å². The summed E-state index contributed by atoms with van der Waals surface area (Å²) < 4.78 is 1.48. The van der Waals surface area contributed by atoms with E-state index in [-0.39, 0.29) is 11.6 Å². The fourth-order valence-electron chi connectivity index (χ4n) is 3.47. The van der Waals surface area contributed by atoms with Crippen molar-refractivity contribution in [3.8, 4) is 0 Å². The van der Waals surface area contributed by atoms with Gasteiger partial charge in [0.1, 0.15) is 5.82 Å². The van der Waals surface area contributed by atoms with Crippen LogP contribution < -0.4 is 10.2 Å². The highest BCUT2D eigenvalue weighted by Gasteiger charge is 2.22. The van der Waals surface area contributed by atoms with Gasteiger partial charge in [0.05, 0.1) is 6.20 Å². The van der Waals surface area contributed by atoms with E-state index in [4.69, 9.17) is 0 Å². The van der Waals surface area contributed by atoms with Gasteiger partial charge in [-0.1, -0.05) is 25.0 Å². The van der Waals surface area contributed by atoms with Gasteiger partial charge in [0.15, 0.2) is 0 Å². The number of anilines is 2. The van der Waals surface area contributed by atoms with Crippen LogP contribution in [0.3, 0.4) is 0 Å². The highest BCUT2D eigenvalue weighted by atomic mass is 16.6. The van der Waals surface area contributed by atoms with E-state index in [2.05, 4.69) is 20.2 Å². The first-order chi connectivity index (χ1) is 13.2. The predicted octanol–water partition coefficient (Wildman–Crippen LogP) is 3.63. The molecule has 0 saturated carbocycles. The first-order valence-electron chi connectivity index (χ1n) is 9.27. The fourth-order valence-corrected chi connectivity index (χ4v) is 3.47. The lowest BCUT2D eigenvalue weighted by atomic mass is 10.2. The van der Waals surface area contributed by atoms with Gasteiger partial charge >= 0.3 is 5.82 Å². The number of nitrogens with zero attached hydrogens (tertiary/aromatic N) is 5. The number of pyridine rings is 2. The summed E-state index contributed by atoms with van der Waals surface area (Å²) in [6.07, 6.45) is 8.47. The van der Waals surface area contributed by atoms with Gasteiger partial charge < -0.3 is 20.3 Å². The van der Waals surface area contributed by atoms with Crippen molar-refractivity contribution in [3.05, 3.63) is 58.4 Å². The lowest BCUT2D eigenvalue weighted by molar-refractivity contribution is -0.389. The van der Waals surface area contributed by atoms with Crippen molar-refractivity contribution >= 4 is 23.1 Å². The van der Waals surface area contributed by atoms with E-state index >= 15 is 0 Å². The minimum Gasteiger partial charge on any atom is -0.359 e. The van der Waals surface area contributed by atoms with E-state index in [1.54, 1.807) is 24.4 Å². The second-order valence-electron chi connectivity index (χ2n) is 6.75. The average Bonchev–Trinajstić information content (AvgIpc) is 2.85. The lowest BCUT2D eigenvalue weighted by Crippen LogP contribution is -2.24. The van der Waals surface area contributed by atoms with E-state index in [1.807, 2.05) is 18.3 Å². The quantitative estimate of drug-likeness (QED) is 0.548. The molecule has 3 aromatic heterocycles. The largest absolute Gasteiger partial charge is 0.372 e. The zero-order valence-electron chi connectivity index (χ0n) is 15.0. The van der Waals surface area contributed by atoms with Crippen molar-refractivity contribution in [2.45, 2.75) is 32.2 Å².